The van der Waals surface area contributed by atoms with E-state index in [0.717, 1.165) is 34.3 Å². The Morgan fingerprint density at radius 3 is 2.70 bits per heavy atom. The summed E-state index contributed by atoms with van der Waals surface area (Å²) >= 11 is 0. The van der Waals surface area contributed by atoms with E-state index >= 15 is 0 Å². The number of carbonyl (C=O) groups excluding carboxylic acids is 1. The lowest BCUT2D eigenvalue weighted by molar-refractivity contribution is 0.0733. The van der Waals surface area contributed by atoms with Gasteiger partial charge in [-0.05, 0) is 12.5 Å². The molecule has 5 nitrogen and oxygen atoms in total. The summed E-state index contributed by atoms with van der Waals surface area (Å²) in [4.78, 5) is 14.9. The van der Waals surface area contributed by atoms with E-state index in [2.05, 4.69) is 12.1 Å². The van der Waals surface area contributed by atoms with Crippen molar-refractivity contribution in [3.8, 4) is 11.3 Å². The number of nitrogens with zero attached hydrogens (tertiary/aromatic N) is 3. The predicted octanol–water partition coefficient (Wildman–Crippen LogP) is 4.03. The van der Waals surface area contributed by atoms with Crippen LogP contribution in [0.2, 0.25) is 0 Å². The molecule has 134 valence electrons. The molecular formula is C22H19N3O2. The fraction of sp³-hybridized carbons (Fsp3) is 0.182. The molecule has 0 saturated carbocycles. The van der Waals surface area contributed by atoms with Gasteiger partial charge in [-0.25, -0.2) is 0 Å². The van der Waals surface area contributed by atoms with Gasteiger partial charge in [0.1, 0.15) is 11.8 Å². The largest absolute Gasteiger partial charge is 0.463 e. The minimum absolute atomic E-state index is 0.00230. The topological polar surface area (TPSA) is 51.3 Å². The van der Waals surface area contributed by atoms with Crippen molar-refractivity contribution < 1.29 is 9.21 Å². The predicted molar refractivity (Wildman–Crippen MR) is 103 cm³/mol. The maximum absolute atomic E-state index is 13.1. The number of benzene rings is 2. The van der Waals surface area contributed by atoms with Gasteiger partial charge >= 0.3 is 0 Å². The number of aromatic nitrogens is 2. The lowest BCUT2D eigenvalue weighted by Crippen LogP contribution is -2.35. The molecule has 0 atom stereocenters. The summed E-state index contributed by atoms with van der Waals surface area (Å²) in [6.07, 6.45) is 2.37. The van der Waals surface area contributed by atoms with Crippen LogP contribution in [0.4, 0.5) is 0 Å². The van der Waals surface area contributed by atoms with E-state index in [-0.39, 0.29) is 5.91 Å². The molecule has 1 aliphatic rings. The number of hydrogen-bond acceptors (Lipinski definition) is 3. The zero-order valence-electron chi connectivity index (χ0n) is 15.1. The first-order valence-electron chi connectivity index (χ1n) is 9.08. The molecule has 1 amide bonds. The molecule has 0 radical (unpaired) electrons. The molecule has 0 aliphatic carbocycles. The lowest BCUT2D eigenvalue weighted by atomic mass is 9.99. The van der Waals surface area contributed by atoms with Gasteiger partial charge in [0.2, 0.25) is 0 Å². The number of rotatable bonds is 2. The van der Waals surface area contributed by atoms with Crippen molar-refractivity contribution in [1.29, 1.82) is 0 Å². The Labute approximate surface area is 156 Å². The van der Waals surface area contributed by atoms with Gasteiger partial charge in [0.25, 0.3) is 5.91 Å². The fourth-order valence-electron chi connectivity index (χ4n) is 3.96. The van der Waals surface area contributed by atoms with Crippen molar-refractivity contribution in [2.75, 3.05) is 6.54 Å². The van der Waals surface area contributed by atoms with Crippen molar-refractivity contribution in [3.63, 3.8) is 0 Å². The number of aryl methyl sites for hydroxylation is 1. The number of carbonyl (C=O) groups is 1. The van der Waals surface area contributed by atoms with Crippen LogP contribution in [-0.2, 0) is 20.0 Å². The van der Waals surface area contributed by atoms with Crippen molar-refractivity contribution in [3.05, 3.63) is 77.7 Å². The van der Waals surface area contributed by atoms with E-state index in [1.807, 2.05) is 59.1 Å². The van der Waals surface area contributed by atoms with Crippen molar-refractivity contribution >= 4 is 16.9 Å². The minimum atomic E-state index is -0.00230. The summed E-state index contributed by atoms with van der Waals surface area (Å²) in [5, 5.41) is 5.56. The molecule has 4 aromatic rings. The Kier molecular flexibility index (Phi) is 3.60. The molecule has 0 fully saturated rings. The van der Waals surface area contributed by atoms with Crippen molar-refractivity contribution in [2.45, 2.75) is 13.0 Å². The van der Waals surface area contributed by atoms with E-state index in [1.54, 1.807) is 6.26 Å². The quantitative estimate of drug-likeness (QED) is 0.544. The van der Waals surface area contributed by atoms with Crippen LogP contribution in [0.25, 0.3) is 22.2 Å². The minimum Gasteiger partial charge on any atom is -0.463 e. The fourth-order valence-corrected chi connectivity index (χ4v) is 3.96. The van der Waals surface area contributed by atoms with Gasteiger partial charge in [0, 0.05) is 30.1 Å². The Hall–Kier alpha value is -3.34. The van der Waals surface area contributed by atoms with E-state index in [9.17, 15) is 4.79 Å². The molecule has 0 N–H and O–H groups in total. The van der Waals surface area contributed by atoms with Gasteiger partial charge in [-0.3, -0.25) is 9.48 Å². The van der Waals surface area contributed by atoms with Gasteiger partial charge in [-0.2, -0.15) is 5.10 Å². The molecule has 2 aromatic heterocycles. The molecule has 0 unspecified atom stereocenters. The third kappa shape index (κ3) is 2.54. The molecule has 5 rings (SSSR count). The van der Waals surface area contributed by atoms with Crippen LogP contribution < -0.4 is 0 Å². The average Bonchev–Trinajstić information content (AvgIpc) is 3.27. The summed E-state index contributed by atoms with van der Waals surface area (Å²) in [7, 11) is 1.97. The molecule has 27 heavy (non-hydrogen) atoms. The van der Waals surface area contributed by atoms with Crippen molar-refractivity contribution in [2.24, 2.45) is 7.05 Å². The first-order chi connectivity index (χ1) is 13.2. The first kappa shape index (κ1) is 15.9. The van der Waals surface area contributed by atoms with E-state index in [1.165, 1.54) is 5.56 Å². The Morgan fingerprint density at radius 2 is 1.85 bits per heavy atom. The highest BCUT2D eigenvalue weighted by molar-refractivity contribution is 6.05. The summed E-state index contributed by atoms with van der Waals surface area (Å²) < 4.78 is 7.48. The summed E-state index contributed by atoms with van der Waals surface area (Å²) in [6, 6.07) is 17.9. The lowest BCUT2D eigenvalue weighted by Gasteiger charge is -2.26. The maximum Gasteiger partial charge on any atom is 0.258 e. The van der Waals surface area contributed by atoms with Crippen LogP contribution in [0.3, 0.4) is 0 Å². The Balaban J connectivity index is 1.48. The summed E-state index contributed by atoms with van der Waals surface area (Å²) in [6.45, 7) is 1.20. The van der Waals surface area contributed by atoms with Crippen molar-refractivity contribution in [1.82, 2.24) is 14.7 Å². The number of amides is 1. The van der Waals surface area contributed by atoms with Gasteiger partial charge in [0.15, 0.2) is 0 Å². The molecule has 5 heteroatoms. The molecule has 0 spiro atoms. The Morgan fingerprint density at radius 1 is 1.07 bits per heavy atom. The zero-order chi connectivity index (χ0) is 18.4. The standard InChI is InChI=1S/C22H19N3O2/c1-24-21(15-7-3-2-4-8-15)17-11-12-25(13-19(17)23-24)22(26)18-14-27-20-10-6-5-9-16(18)20/h2-10,14H,11-13H2,1H3. The normalized spacial score (nSPS) is 13.7. The third-order valence-corrected chi connectivity index (χ3v) is 5.25. The van der Waals surface area contributed by atoms with Crippen LogP contribution in [0.5, 0.6) is 0 Å². The summed E-state index contributed by atoms with van der Waals surface area (Å²) in [5.74, 6) is -0.00230. The molecule has 1 aliphatic heterocycles. The smallest absolute Gasteiger partial charge is 0.258 e. The number of hydrogen-bond donors (Lipinski definition) is 0. The highest BCUT2D eigenvalue weighted by Gasteiger charge is 2.28. The van der Waals surface area contributed by atoms with Gasteiger partial charge in [-0.15, -0.1) is 0 Å². The van der Waals surface area contributed by atoms with Crippen LogP contribution in [0.1, 0.15) is 21.6 Å². The molecule has 2 aromatic carbocycles. The highest BCUT2D eigenvalue weighted by Crippen LogP contribution is 2.31. The number of fused-ring (bicyclic) bond motifs is 2. The van der Waals surface area contributed by atoms with Gasteiger partial charge < -0.3 is 9.32 Å². The second kappa shape index (κ2) is 6.13. The molecule has 0 saturated heterocycles. The first-order valence-corrected chi connectivity index (χ1v) is 9.08. The van der Waals surface area contributed by atoms with E-state index in [0.29, 0.717) is 18.7 Å². The van der Waals surface area contributed by atoms with Crippen LogP contribution >= 0.6 is 0 Å². The van der Waals surface area contributed by atoms with Crippen LogP contribution in [0.15, 0.2) is 65.3 Å². The van der Waals surface area contributed by atoms with E-state index < -0.39 is 0 Å². The maximum atomic E-state index is 13.1. The Bertz CT molecular complexity index is 1140. The second-order valence-electron chi connectivity index (χ2n) is 6.89. The van der Waals surface area contributed by atoms with Gasteiger partial charge in [-0.1, -0.05) is 48.5 Å². The van der Waals surface area contributed by atoms with Gasteiger partial charge in [0.05, 0.1) is 23.5 Å². The molecule has 0 bridgehead atoms. The third-order valence-electron chi connectivity index (χ3n) is 5.25. The SMILES string of the molecule is Cn1nc2c(c1-c1ccccc1)CCN(C(=O)c1coc3ccccc13)C2. The number of furan rings is 1. The van der Waals surface area contributed by atoms with E-state index in [4.69, 9.17) is 9.52 Å². The second-order valence-corrected chi connectivity index (χ2v) is 6.89. The molecular weight excluding hydrogens is 338 g/mol. The summed E-state index contributed by atoms with van der Waals surface area (Å²) in [5.41, 5.74) is 5.88. The zero-order valence-corrected chi connectivity index (χ0v) is 15.1. The number of para-hydroxylation sites is 1. The monoisotopic (exact) mass is 357 g/mol. The average molecular weight is 357 g/mol. The molecule has 3 heterocycles. The van der Waals surface area contributed by atoms with Crippen LogP contribution in [-0.4, -0.2) is 27.1 Å². The highest BCUT2D eigenvalue weighted by atomic mass is 16.3. The van der Waals surface area contributed by atoms with Crippen LogP contribution in [0, 0.1) is 0 Å².